The van der Waals surface area contributed by atoms with E-state index in [1.807, 2.05) is 33.7 Å². The molecule has 5 aliphatic rings. The SMILES string of the molecule is O=C(CC1(c2ccccc2)C2CC3CC1C(C2)C3O)N1CC(c2nnc3ccccn23)C1. The molecule has 4 bridgehead atoms. The molecule has 32 heavy (non-hydrogen) atoms. The van der Waals surface area contributed by atoms with Gasteiger partial charge in [0.25, 0.3) is 0 Å². The molecule has 3 heterocycles. The highest BCUT2D eigenvalue weighted by Crippen LogP contribution is 2.68. The molecular formula is C26H28N4O2. The van der Waals surface area contributed by atoms with Crippen molar-refractivity contribution in [2.24, 2.45) is 23.7 Å². The van der Waals surface area contributed by atoms with Crippen molar-refractivity contribution in [1.82, 2.24) is 19.5 Å². The summed E-state index contributed by atoms with van der Waals surface area (Å²) in [6.07, 6.45) is 5.58. The van der Waals surface area contributed by atoms with Crippen LogP contribution in [0.25, 0.3) is 5.65 Å². The molecule has 6 heteroatoms. The van der Waals surface area contributed by atoms with Crippen molar-refractivity contribution in [1.29, 1.82) is 0 Å². The smallest absolute Gasteiger partial charge is 0.223 e. The van der Waals surface area contributed by atoms with E-state index < -0.39 is 0 Å². The molecule has 6 atom stereocenters. The van der Waals surface area contributed by atoms with Gasteiger partial charge in [-0.1, -0.05) is 36.4 Å². The van der Waals surface area contributed by atoms with E-state index in [1.165, 1.54) is 5.56 Å². The molecule has 1 N–H and O–H groups in total. The first-order chi connectivity index (χ1) is 15.6. The van der Waals surface area contributed by atoms with Crippen LogP contribution in [0.4, 0.5) is 0 Å². The molecule has 4 aliphatic carbocycles. The van der Waals surface area contributed by atoms with Gasteiger partial charge in [0.05, 0.1) is 12.0 Å². The highest BCUT2D eigenvalue weighted by Gasteiger charge is 2.66. The van der Waals surface area contributed by atoms with Crippen LogP contribution in [-0.4, -0.2) is 49.7 Å². The monoisotopic (exact) mass is 428 g/mol. The van der Waals surface area contributed by atoms with Crippen LogP contribution in [0.5, 0.6) is 0 Å². The summed E-state index contributed by atoms with van der Waals surface area (Å²) in [7, 11) is 0. The molecular weight excluding hydrogens is 400 g/mol. The van der Waals surface area contributed by atoms with Crippen molar-refractivity contribution >= 4 is 11.6 Å². The van der Waals surface area contributed by atoms with E-state index >= 15 is 0 Å². The number of hydrogen-bond acceptors (Lipinski definition) is 4. The van der Waals surface area contributed by atoms with Crippen LogP contribution in [0, 0.1) is 23.7 Å². The molecule has 4 saturated carbocycles. The van der Waals surface area contributed by atoms with Crippen LogP contribution >= 0.6 is 0 Å². The third-order valence-corrected chi connectivity index (χ3v) is 9.22. The van der Waals surface area contributed by atoms with Gasteiger partial charge in [-0.25, -0.2) is 0 Å². The Morgan fingerprint density at radius 1 is 1.03 bits per heavy atom. The van der Waals surface area contributed by atoms with E-state index in [-0.39, 0.29) is 23.3 Å². The Morgan fingerprint density at radius 3 is 2.69 bits per heavy atom. The number of carbonyl (C=O) groups is 1. The second-order valence-corrected chi connectivity index (χ2v) is 10.5. The van der Waals surface area contributed by atoms with Gasteiger partial charge >= 0.3 is 0 Å². The Bertz CT molecular complexity index is 1180. The van der Waals surface area contributed by atoms with Crippen molar-refractivity contribution in [3.05, 3.63) is 66.1 Å². The number of fused-ring (bicyclic) bond motifs is 1. The normalized spacial score (nSPS) is 35.5. The lowest BCUT2D eigenvalue weighted by molar-refractivity contribution is -0.138. The Balaban J connectivity index is 1.15. The summed E-state index contributed by atoms with van der Waals surface area (Å²) in [5, 5.41) is 19.5. The van der Waals surface area contributed by atoms with Crippen LogP contribution in [0.15, 0.2) is 54.7 Å². The van der Waals surface area contributed by atoms with Crippen LogP contribution < -0.4 is 0 Å². The Kier molecular flexibility index (Phi) is 3.90. The van der Waals surface area contributed by atoms with Gasteiger partial charge in [0, 0.05) is 31.1 Å². The standard InChI is InChI=1S/C26H28N4O2/c31-23(29-14-17(15-29)25-28-27-22-8-4-5-9-30(22)25)13-26(18-6-2-1-3-7-18)19-10-16-11-21(26)20(12-19)24(16)32/h1-9,16-17,19-21,24,32H,10-15H2. The number of aliphatic hydroxyl groups excluding tert-OH is 1. The summed E-state index contributed by atoms with van der Waals surface area (Å²) in [5.74, 6) is 3.16. The number of carbonyl (C=O) groups excluding carboxylic acids is 1. The van der Waals surface area contributed by atoms with Gasteiger partial charge in [-0.3, -0.25) is 9.20 Å². The number of hydrogen-bond donors (Lipinski definition) is 1. The number of likely N-dealkylation sites (tertiary alicyclic amines) is 1. The van der Waals surface area contributed by atoms with Crippen LogP contribution in [-0.2, 0) is 10.2 Å². The van der Waals surface area contributed by atoms with Gasteiger partial charge < -0.3 is 10.0 Å². The Hall–Kier alpha value is -2.73. The number of amides is 1. The highest BCUT2D eigenvalue weighted by molar-refractivity contribution is 5.79. The minimum absolute atomic E-state index is 0.121. The first-order valence-electron chi connectivity index (χ1n) is 12.0. The van der Waals surface area contributed by atoms with Crippen molar-refractivity contribution < 1.29 is 9.90 Å². The summed E-state index contributed by atoms with van der Waals surface area (Å²) in [4.78, 5) is 15.6. The Morgan fingerprint density at radius 2 is 1.84 bits per heavy atom. The van der Waals surface area contributed by atoms with Gasteiger partial charge in [0.1, 0.15) is 5.82 Å². The van der Waals surface area contributed by atoms with Gasteiger partial charge in [0.2, 0.25) is 5.91 Å². The molecule has 0 radical (unpaired) electrons. The third-order valence-electron chi connectivity index (χ3n) is 9.22. The fraction of sp³-hybridized carbons (Fsp3) is 0.500. The lowest BCUT2D eigenvalue weighted by atomic mass is 9.59. The van der Waals surface area contributed by atoms with Crippen LogP contribution in [0.2, 0.25) is 0 Å². The zero-order valence-electron chi connectivity index (χ0n) is 18.0. The maximum Gasteiger partial charge on any atom is 0.223 e. The minimum Gasteiger partial charge on any atom is -0.393 e. The van der Waals surface area contributed by atoms with Gasteiger partial charge in [-0.2, -0.15) is 0 Å². The first kappa shape index (κ1) is 18.8. The number of aromatic nitrogens is 3. The summed E-state index contributed by atoms with van der Waals surface area (Å²) in [5.41, 5.74) is 2.04. The number of pyridine rings is 1. The van der Waals surface area contributed by atoms with Gasteiger partial charge in [-0.15, -0.1) is 10.2 Å². The van der Waals surface area contributed by atoms with Crippen LogP contribution in [0.1, 0.15) is 43.0 Å². The highest BCUT2D eigenvalue weighted by atomic mass is 16.3. The van der Waals surface area contributed by atoms with E-state index in [9.17, 15) is 9.90 Å². The predicted octanol–water partition coefficient (Wildman–Crippen LogP) is 3.02. The molecule has 1 amide bonds. The third kappa shape index (κ3) is 2.42. The Labute approximate surface area is 187 Å². The van der Waals surface area contributed by atoms with Crippen LogP contribution in [0.3, 0.4) is 0 Å². The lowest BCUT2D eigenvalue weighted by Crippen LogP contribution is -2.52. The van der Waals surface area contributed by atoms with Crippen molar-refractivity contribution in [2.45, 2.75) is 43.1 Å². The van der Waals surface area contributed by atoms with Gasteiger partial charge in [-0.05, 0) is 60.6 Å². The summed E-state index contributed by atoms with van der Waals surface area (Å²) < 4.78 is 2.04. The average molecular weight is 429 g/mol. The topological polar surface area (TPSA) is 70.7 Å². The largest absolute Gasteiger partial charge is 0.393 e. The molecule has 1 aliphatic heterocycles. The quantitative estimate of drug-likeness (QED) is 0.694. The number of benzene rings is 1. The average Bonchev–Trinajstić information content (AvgIpc) is 3.35. The fourth-order valence-corrected chi connectivity index (χ4v) is 7.79. The van der Waals surface area contributed by atoms with Crippen molar-refractivity contribution in [3.8, 4) is 0 Å². The van der Waals surface area contributed by atoms with E-state index in [4.69, 9.17) is 0 Å². The molecule has 2 aromatic heterocycles. The second kappa shape index (κ2) is 6.64. The van der Waals surface area contributed by atoms with E-state index in [0.29, 0.717) is 43.2 Å². The van der Waals surface area contributed by atoms with Crippen molar-refractivity contribution in [2.75, 3.05) is 13.1 Å². The summed E-state index contributed by atoms with van der Waals surface area (Å²) >= 11 is 0. The molecule has 6 unspecified atom stereocenters. The molecule has 3 aromatic rings. The minimum atomic E-state index is -0.174. The number of aliphatic hydroxyl groups is 1. The molecule has 0 spiro atoms. The zero-order chi connectivity index (χ0) is 21.4. The van der Waals surface area contributed by atoms with E-state index in [2.05, 4.69) is 40.5 Å². The number of rotatable bonds is 4. The van der Waals surface area contributed by atoms with Gasteiger partial charge in [0.15, 0.2) is 5.65 Å². The second-order valence-electron chi connectivity index (χ2n) is 10.5. The summed E-state index contributed by atoms with van der Waals surface area (Å²) in [6, 6.07) is 16.6. The number of nitrogens with zero attached hydrogens (tertiary/aromatic N) is 4. The van der Waals surface area contributed by atoms with Crippen molar-refractivity contribution in [3.63, 3.8) is 0 Å². The predicted molar refractivity (Wildman–Crippen MR) is 119 cm³/mol. The first-order valence-corrected chi connectivity index (χ1v) is 12.0. The van der Waals surface area contributed by atoms with E-state index in [1.54, 1.807) is 0 Å². The maximum absolute atomic E-state index is 13.6. The zero-order valence-corrected chi connectivity index (χ0v) is 18.0. The molecule has 5 fully saturated rings. The fourth-order valence-electron chi connectivity index (χ4n) is 7.79. The lowest BCUT2D eigenvalue weighted by Gasteiger charge is -2.47. The maximum atomic E-state index is 13.6. The molecule has 8 rings (SSSR count). The molecule has 1 aromatic carbocycles. The molecule has 6 nitrogen and oxygen atoms in total. The molecule has 164 valence electrons. The summed E-state index contributed by atoms with van der Waals surface area (Å²) in [6.45, 7) is 1.42. The van der Waals surface area contributed by atoms with E-state index in [0.717, 1.165) is 30.7 Å². The molecule has 1 saturated heterocycles.